The van der Waals surface area contributed by atoms with Crippen molar-refractivity contribution in [3.63, 3.8) is 0 Å². The van der Waals surface area contributed by atoms with Gasteiger partial charge in [0.1, 0.15) is 0 Å². The number of hydrogen-bond donors (Lipinski definition) is 0. The number of anilines is 6. The summed E-state index contributed by atoms with van der Waals surface area (Å²) in [4.78, 5) is 3.63. The van der Waals surface area contributed by atoms with Gasteiger partial charge in [-0.05, 0) is 157 Å². The highest BCUT2D eigenvalue weighted by Gasteiger charge is 2.72. The second-order valence-corrected chi connectivity index (χ2v) is 18.9. The lowest BCUT2D eigenvalue weighted by Crippen LogP contribution is -2.54. The van der Waals surface area contributed by atoms with Crippen molar-refractivity contribution in [3.8, 4) is 0 Å². The number of nitrogens with zero attached hydrogens (tertiary/aromatic N) is 4. The van der Waals surface area contributed by atoms with E-state index in [9.17, 15) is 0 Å². The minimum Gasteiger partial charge on any atom is -0.310 e. The van der Waals surface area contributed by atoms with Crippen LogP contribution in [0, 0.1) is 0 Å². The molecule has 0 aliphatic carbocycles. The molecule has 0 N–H and O–H groups in total. The molecule has 2 aromatic heterocycles. The quantitative estimate of drug-likeness (QED) is 0.0708. The lowest BCUT2D eigenvalue weighted by atomic mass is 9.72. The van der Waals surface area contributed by atoms with E-state index in [1.54, 1.807) is 24.3 Å². The molecule has 8 aromatic carbocycles. The Morgan fingerprint density at radius 3 is 1.03 bits per heavy atom. The van der Waals surface area contributed by atoms with Gasteiger partial charge in [0.05, 0.1) is 22.1 Å². The fourth-order valence-corrected chi connectivity index (χ4v) is 10.9. The minimum absolute atomic E-state index is 0.334. The average molecular weight is 1050 g/mol. The van der Waals surface area contributed by atoms with Crippen LogP contribution in [0.15, 0.2) is 257 Å². The van der Waals surface area contributed by atoms with Crippen LogP contribution in [0.25, 0.3) is 67.2 Å². The van der Waals surface area contributed by atoms with E-state index >= 15 is 26.3 Å². The average Bonchev–Trinajstić information content (AvgIpc) is 3.98. The number of para-hydroxylation sites is 2. The zero-order valence-electron chi connectivity index (χ0n) is 43.5. The smallest absolute Gasteiger partial charge is 0.310 e. The van der Waals surface area contributed by atoms with Gasteiger partial charge in [-0.25, -0.2) is 0 Å². The molecule has 2 heterocycles. The van der Waals surface area contributed by atoms with Gasteiger partial charge in [0.15, 0.2) is 0 Å². The van der Waals surface area contributed by atoms with Crippen molar-refractivity contribution in [1.82, 2.24) is 9.13 Å². The molecule has 10 rings (SSSR count). The van der Waals surface area contributed by atoms with E-state index in [1.165, 1.54) is 24.3 Å². The second-order valence-electron chi connectivity index (χ2n) is 18.9. The summed E-state index contributed by atoms with van der Waals surface area (Å²) in [5, 5.41) is 3.64. The Bertz CT molecular complexity index is 3800. The first-order valence-corrected chi connectivity index (χ1v) is 25.6. The van der Waals surface area contributed by atoms with Crippen LogP contribution in [-0.4, -0.2) is 21.5 Å². The maximum absolute atomic E-state index is 16.0. The molecule has 79 heavy (non-hydrogen) atoms. The topological polar surface area (TPSA) is 16.3 Å². The third kappa shape index (κ3) is 9.29. The molecule has 0 fully saturated rings. The summed E-state index contributed by atoms with van der Waals surface area (Å²) >= 11 is 0. The Morgan fingerprint density at radius 2 is 0.709 bits per heavy atom. The molecule has 0 atom stereocenters. The van der Waals surface area contributed by atoms with E-state index in [0.29, 0.717) is 34.1 Å². The SMILES string of the molecule is C=C/C=C(\C=C/C)n1c2ccccc2c2cc(N(c3ccc(C=C)cc3)c3ccc(C(c4ccc(N(c5ccc(C=C)cc5)c5ccc6c(c5)c5ccccc5n6C(/C=C\C)=C/C=C)cc4)(C(F)(F)F)C(F)(F)F)cc3)ccc21. The number of aromatic nitrogens is 2. The molecule has 0 amide bonds. The molecule has 10 aromatic rings. The maximum Gasteiger partial charge on any atom is 0.411 e. The molecule has 4 nitrogen and oxygen atoms in total. The van der Waals surface area contributed by atoms with Gasteiger partial charge in [-0.3, -0.25) is 0 Å². The summed E-state index contributed by atoms with van der Waals surface area (Å²) in [6.45, 7) is 19.5. The third-order valence-corrected chi connectivity index (χ3v) is 14.3. The van der Waals surface area contributed by atoms with E-state index in [1.807, 2.05) is 194 Å². The van der Waals surface area contributed by atoms with Crippen molar-refractivity contribution in [2.24, 2.45) is 0 Å². The van der Waals surface area contributed by atoms with Gasteiger partial charge in [-0.1, -0.05) is 148 Å². The molecule has 392 valence electrons. The Balaban J connectivity index is 1.10. The zero-order valence-corrected chi connectivity index (χ0v) is 43.5. The lowest BCUT2D eigenvalue weighted by Gasteiger charge is -2.39. The molecule has 0 radical (unpaired) electrons. The number of rotatable bonds is 16. The molecule has 10 heteroatoms. The number of hydrogen-bond acceptors (Lipinski definition) is 2. The van der Waals surface area contributed by atoms with Gasteiger partial charge in [-0.15, -0.1) is 0 Å². The first kappa shape index (κ1) is 52.9. The van der Waals surface area contributed by atoms with Gasteiger partial charge < -0.3 is 18.9 Å². The predicted octanol–water partition coefficient (Wildman–Crippen LogP) is 20.7. The summed E-state index contributed by atoms with van der Waals surface area (Å²) in [7, 11) is 0. The Morgan fingerprint density at radius 1 is 0.392 bits per heavy atom. The molecule has 0 saturated carbocycles. The van der Waals surface area contributed by atoms with E-state index in [4.69, 9.17) is 0 Å². The first-order chi connectivity index (χ1) is 38.2. The Labute approximate surface area is 455 Å². The molecule has 0 unspecified atom stereocenters. The molecule has 0 aliphatic heterocycles. The highest BCUT2D eigenvalue weighted by molar-refractivity contribution is 6.13. The number of benzene rings is 8. The van der Waals surface area contributed by atoms with Crippen LogP contribution < -0.4 is 9.80 Å². The van der Waals surface area contributed by atoms with Crippen LogP contribution in [0.4, 0.5) is 60.5 Å². The minimum atomic E-state index is -5.84. The number of fused-ring (bicyclic) bond motifs is 6. The van der Waals surface area contributed by atoms with E-state index in [-0.39, 0.29) is 0 Å². The molecule has 0 spiro atoms. The van der Waals surface area contributed by atoms with Crippen molar-refractivity contribution >= 4 is 101 Å². The Hall–Kier alpha value is -9.54. The number of allylic oxidation sites excluding steroid dienone is 10. The van der Waals surface area contributed by atoms with Crippen molar-refractivity contribution in [1.29, 1.82) is 0 Å². The summed E-state index contributed by atoms with van der Waals surface area (Å²) in [6, 6.07) is 51.3. The van der Waals surface area contributed by atoms with Crippen LogP contribution in [0.1, 0.15) is 36.1 Å². The molecular formula is C69H54F6N4. The van der Waals surface area contributed by atoms with Gasteiger partial charge in [0, 0.05) is 67.1 Å². The second kappa shape index (κ2) is 21.5. The largest absolute Gasteiger partial charge is 0.411 e. The van der Waals surface area contributed by atoms with Crippen molar-refractivity contribution in [2.45, 2.75) is 31.6 Å². The van der Waals surface area contributed by atoms with Crippen LogP contribution in [0.2, 0.25) is 0 Å². The highest BCUT2D eigenvalue weighted by Crippen LogP contribution is 2.57. The number of halogens is 6. The molecular weight excluding hydrogens is 999 g/mol. The van der Waals surface area contributed by atoms with Gasteiger partial charge in [0.25, 0.3) is 0 Å². The first-order valence-electron chi connectivity index (χ1n) is 25.6. The third-order valence-electron chi connectivity index (χ3n) is 14.3. The van der Waals surface area contributed by atoms with Crippen molar-refractivity contribution in [3.05, 3.63) is 279 Å². The summed E-state index contributed by atoms with van der Waals surface area (Å²) in [5.41, 5.74) is 3.78. The Kier molecular flexibility index (Phi) is 14.4. The zero-order chi connectivity index (χ0) is 55.6. The predicted molar refractivity (Wildman–Crippen MR) is 320 cm³/mol. The van der Waals surface area contributed by atoms with Crippen molar-refractivity contribution < 1.29 is 26.3 Å². The van der Waals surface area contributed by atoms with Gasteiger partial charge in [-0.2, -0.15) is 26.3 Å². The van der Waals surface area contributed by atoms with Crippen LogP contribution in [0.5, 0.6) is 0 Å². The molecule has 0 bridgehead atoms. The normalized spacial score (nSPS) is 12.8. The molecule has 0 aliphatic rings. The van der Waals surface area contributed by atoms with E-state index in [0.717, 1.165) is 90.4 Å². The fraction of sp³-hybridized carbons (Fsp3) is 0.0725. The van der Waals surface area contributed by atoms with E-state index < -0.39 is 28.9 Å². The van der Waals surface area contributed by atoms with Gasteiger partial charge in [0.2, 0.25) is 5.41 Å². The monoisotopic (exact) mass is 1050 g/mol. The van der Waals surface area contributed by atoms with Crippen LogP contribution >= 0.6 is 0 Å². The standard InChI is InChI=1S/C69H54F6N4/c1-7-17-51(18-8-2)78-63-23-15-13-21-59(63)61-45-57(41-43-65(61)78)76(53-33-25-47(11-5)26-34-53)55-37-29-49(30-38-55)67(68(70,71)72,69(73,74)75)50-31-39-56(40-32-50)77(54-35-27-48(12-6)28-36-54)58-42-44-66-62(46-58)60-22-14-16-24-64(60)79(66)52(19-9-3)20-10-4/h7-46H,1,3,5-6H2,2,4H3/b18-8-,20-10-,51-17+,52-19+. The maximum atomic E-state index is 16.0. The molecule has 0 saturated heterocycles. The summed E-state index contributed by atoms with van der Waals surface area (Å²) < 4.78 is 100. The van der Waals surface area contributed by atoms with Crippen LogP contribution in [-0.2, 0) is 5.41 Å². The lowest BCUT2D eigenvalue weighted by molar-refractivity contribution is -0.288. The number of alkyl halides is 6. The van der Waals surface area contributed by atoms with Crippen molar-refractivity contribution in [2.75, 3.05) is 9.80 Å². The fourth-order valence-electron chi connectivity index (χ4n) is 10.9. The van der Waals surface area contributed by atoms with Gasteiger partial charge >= 0.3 is 12.4 Å². The highest BCUT2D eigenvalue weighted by atomic mass is 19.4. The summed E-state index contributed by atoms with van der Waals surface area (Å²) in [5.74, 6) is 0. The van der Waals surface area contributed by atoms with E-state index in [2.05, 4.69) is 35.4 Å². The van der Waals surface area contributed by atoms with Crippen LogP contribution in [0.3, 0.4) is 0 Å². The summed E-state index contributed by atoms with van der Waals surface area (Å²) in [6.07, 6.45) is 6.80.